The first-order valence-corrected chi connectivity index (χ1v) is 8.55. The lowest BCUT2D eigenvalue weighted by molar-refractivity contribution is -0.143. The smallest absolute Gasteiger partial charge is 0.337 e. The number of ether oxygens (including phenoxy) is 2. The van der Waals surface area contributed by atoms with Gasteiger partial charge in [-0.05, 0) is 37.5 Å². The third kappa shape index (κ3) is 3.07. The Hall–Kier alpha value is -2.76. The zero-order valence-electron chi connectivity index (χ0n) is 15.1. The molecule has 0 bridgehead atoms. The quantitative estimate of drug-likeness (QED) is 0.779. The molecular weight excluding hydrogens is 334 g/mol. The summed E-state index contributed by atoms with van der Waals surface area (Å²) in [6.07, 6.45) is 1.95. The third-order valence-electron chi connectivity index (χ3n) is 4.98. The number of ketones is 1. The normalized spacial score (nSPS) is 22.4. The zero-order chi connectivity index (χ0) is 18.8. The van der Waals surface area contributed by atoms with E-state index in [4.69, 9.17) is 9.47 Å². The molecular formula is C20H21NO5. The van der Waals surface area contributed by atoms with Crippen LogP contribution < -0.4 is 0 Å². The van der Waals surface area contributed by atoms with E-state index in [1.807, 2.05) is 0 Å². The van der Waals surface area contributed by atoms with Crippen molar-refractivity contribution in [2.45, 2.75) is 32.1 Å². The van der Waals surface area contributed by atoms with Gasteiger partial charge < -0.3 is 9.47 Å². The summed E-state index contributed by atoms with van der Waals surface area (Å²) in [6, 6.07) is 6.81. The molecule has 0 saturated heterocycles. The van der Waals surface area contributed by atoms with Gasteiger partial charge in [-0.1, -0.05) is 12.1 Å². The maximum absolute atomic E-state index is 12.6. The average molecular weight is 355 g/mol. The Morgan fingerprint density at radius 1 is 1.08 bits per heavy atom. The molecule has 1 aromatic rings. The van der Waals surface area contributed by atoms with Gasteiger partial charge in [0.1, 0.15) is 5.92 Å². The molecule has 0 spiro atoms. The van der Waals surface area contributed by atoms with E-state index in [9.17, 15) is 14.4 Å². The van der Waals surface area contributed by atoms with Gasteiger partial charge in [-0.2, -0.15) is 0 Å². The van der Waals surface area contributed by atoms with Gasteiger partial charge in [0, 0.05) is 29.3 Å². The van der Waals surface area contributed by atoms with Crippen LogP contribution >= 0.6 is 0 Å². The van der Waals surface area contributed by atoms with Crippen LogP contribution in [0.4, 0.5) is 0 Å². The fourth-order valence-electron chi connectivity index (χ4n) is 3.74. The summed E-state index contributed by atoms with van der Waals surface area (Å²) in [7, 11) is 2.65. The highest BCUT2D eigenvalue weighted by molar-refractivity contribution is 6.08. The molecule has 1 aliphatic heterocycles. The van der Waals surface area contributed by atoms with E-state index in [1.54, 1.807) is 31.2 Å². The number of rotatable bonds is 3. The van der Waals surface area contributed by atoms with Gasteiger partial charge in [0.05, 0.1) is 19.8 Å². The summed E-state index contributed by atoms with van der Waals surface area (Å²) < 4.78 is 9.70. The number of carbonyl (C=O) groups excluding carboxylic acids is 3. The van der Waals surface area contributed by atoms with Crippen LogP contribution in [0.15, 0.2) is 40.5 Å². The van der Waals surface area contributed by atoms with Crippen molar-refractivity contribution in [2.75, 3.05) is 14.2 Å². The van der Waals surface area contributed by atoms with Crippen molar-refractivity contribution in [2.24, 2.45) is 10.9 Å². The molecule has 2 aliphatic rings. The molecule has 26 heavy (non-hydrogen) atoms. The number of nitrogens with zero attached hydrogens (tertiary/aromatic N) is 1. The molecule has 1 aromatic carbocycles. The Kier molecular flexibility index (Phi) is 5.02. The molecule has 3 rings (SSSR count). The largest absolute Gasteiger partial charge is 0.468 e. The summed E-state index contributed by atoms with van der Waals surface area (Å²) in [5, 5.41) is 0. The molecule has 0 saturated carbocycles. The first-order chi connectivity index (χ1) is 12.5. The number of esters is 2. The van der Waals surface area contributed by atoms with Crippen LogP contribution in [0.2, 0.25) is 0 Å². The summed E-state index contributed by atoms with van der Waals surface area (Å²) >= 11 is 0. The molecule has 6 heteroatoms. The van der Waals surface area contributed by atoms with Crippen molar-refractivity contribution < 1.29 is 23.9 Å². The van der Waals surface area contributed by atoms with Crippen LogP contribution in [0.5, 0.6) is 0 Å². The zero-order valence-corrected chi connectivity index (χ0v) is 15.1. The van der Waals surface area contributed by atoms with Gasteiger partial charge in [-0.15, -0.1) is 0 Å². The van der Waals surface area contributed by atoms with Crippen molar-refractivity contribution in [3.63, 3.8) is 0 Å². The first-order valence-electron chi connectivity index (χ1n) is 8.55. The van der Waals surface area contributed by atoms with E-state index in [-0.39, 0.29) is 5.78 Å². The van der Waals surface area contributed by atoms with E-state index in [0.29, 0.717) is 23.3 Å². The molecule has 0 amide bonds. The highest BCUT2D eigenvalue weighted by Crippen LogP contribution is 2.43. The number of hydrogen-bond acceptors (Lipinski definition) is 6. The number of benzene rings is 1. The lowest BCUT2D eigenvalue weighted by Gasteiger charge is -2.34. The van der Waals surface area contributed by atoms with Crippen LogP contribution in [-0.4, -0.2) is 37.7 Å². The Morgan fingerprint density at radius 2 is 1.77 bits per heavy atom. The topological polar surface area (TPSA) is 82.0 Å². The van der Waals surface area contributed by atoms with Gasteiger partial charge in [0.15, 0.2) is 5.78 Å². The first kappa shape index (κ1) is 18.0. The van der Waals surface area contributed by atoms with Crippen molar-refractivity contribution >= 4 is 23.4 Å². The fourth-order valence-corrected chi connectivity index (χ4v) is 3.74. The third-order valence-corrected chi connectivity index (χ3v) is 4.98. The van der Waals surface area contributed by atoms with Gasteiger partial charge in [-0.25, -0.2) is 4.79 Å². The molecule has 136 valence electrons. The number of methoxy groups -OCH3 is 2. The second-order valence-corrected chi connectivity index (χ2v) is 6.48. The van der Waals surface area contributed by atoms with Crippen LogP contribution in [0.25, 0.3) is 0 Å². The molecule has 1 heterocycles. The van der Waals surface area contributed by atoms with Gasteiger partial charge >= 0.3 is 11.9 Å². The number of hydrogen-bond donors (Lipinski definition) is 0. The number of carbonyl (C=O) groups is 3. The Morgan fingerprint density at radius 3 is 2.38 bits per heavy atom. The summed E-state index contributed by atoms with van der Waals surface area (Å²) in [5.74, 6) is -1.92. The number of aliphatic imine (C=N–C) groups is 1. The van der Waals surface area contributed by atoms with Crippen molar-refractivity contribution in [3.05, 3.63) is 46.7 Å². The maximum Gasteiger partial charge on any atom is 0.337 e. The predicted octanol–water partition coefficient (Wildman–Crippen LogP) is 2.83. The average Bonchev–Trinajstić information content (AvgIpc) is 2.66. The van der Waals surface area contributed by atoms with Crippen molar-refractivity contribution in [3.8, 4) is 0 Å². The molecule has 1 unspecified atom stereocenters. The minimum atomic E-state index is -0.648. The number of allylic oxidation sites excluding steroid dienone is 2. The molecule has 6 nitrogen and oxygen atoms in total. The SMILES string of the molecule is COC(=O)c1ccc([C@H]2C3=C(CCCC3=O)N=C(C)C2C(=O)OC)cc1. The van der Waals surface area contributed by atoms with Gasteiger partial charge in [0.25, 0.3) is 0 Å². The van der Waals surface area contributed by atoms with Gasteiger partial charge in [-0.3, -0.25) is 14.6 Å². The van der Waals surface area contributed by atoms with Crippen molar-refractivity contribution in [1.82, 2.24) is 0 Å². The van der Waals surface area contributed by atoms with Crippen LogP contribution in [0.1, 0.15) is 48.0 Å². The summed E-state index contributed by atoms with van der Waals surface area (Å²) in [4.78, 5) is 41.3. The van der Waals surface area contributed by atoms with Gasteiger partial charge in [0.2, 0.25) is 0 Å². The highest BCUT2D eigenvalue weighted by Gasteiger charge is 2.42. The fraction of sp³-hybridized carbons (Fsp3) is 0.400. The van der Waals surface area contributed by atoms with E-state index in [1.165, 1.54) is 14.2 Å². The molecule has 1 aliphatic carbocycles. The predicted molar refractivity (Wildman–Crippen MR) is 95.0 cm³/mol. The minimum absolute atomic E-state index is 0.0263. The van der Waals surface area contributed by atoms with E-state index >= 15 is 0 Å². The van der Waals surface area contributed by atoms with E-state index in [2.05, 4.69) is 4.99 Å². The minimum Gasteiger partial charge on any atom is -0.468 e. The molecule has 0 aromatic heterocycles. The second-order valence-electron chi connectivity index (χ2n) is 6.48. The number of Topliss-reactive ketones (excluding diaryl/α,β-unsaturated/α-hetero) is 1. The summed E-state index contributed by atoms with van der Waals surface area (Å²) in [5.41, 5.74) is 3.21. The Bertz CT molecular complexity index is 819. The molecule has 2 atom stereocenters. The lowest BCUT2D eigenvalue weighted by Crippen LogP contribution is -2.36. The Labute approximate surface area is 151 Å². The maximum atomic E-state index is 12.6. The molecule has 0 fully saturated rings. The standard InChI is InChI=1S/C20H21NO5/c1-11-16(20(24)26-3)17(18-14(21-11)5-4-6-15(18)22)12-7-9-13(10-8-12)19(23)25-2/h7-10,16-17H,4-6H2,1-3H3/t16?,17-/m1/s1. The second kappa shape index (κ2) is 7.23. The molecule has 0 N–H and O–H groups in total. The van der Waals surface area contributed by atoms with E-state index < -0.39 is 23.8 Å². The monoisotopic (exact) mass is 355 g/mol. The Balaban J connectivity index is 2.11. The summed E-state index contributed by atoms with van der Waals surface area (Å²) in [6.45, 7) is 1.79. The van der Waals surface area contributed by atoms with Crippen LogP contribution in [-0.2, 0) is 19.1 Å². The highest BCUT2D eigenvalue weighted by atomic mass is 16.5. The van der Waals surface area contributed by atoms with Crippen LogP contribution in [0.3, 0.4) is 0 Å². The van der Waals surface area contributed by atoms with E-state index in [0.717, 1.165) is 24.1 Å². The lowest BCUT2D eigenvalue weighted by atomic mass is 9.71. The molecule has 0 radical (unpaired) electrons. The van der Waals surface area contributed by atoms with Crippen LogP contribution in [0, 0.1) is 5.92 Å². The van der Waals surface area contributed by atoms with Crippen molar-refractivity contribution in [1.29, 1.82) is 0 Å².